The first-order valence-corrected chi connectivity index (χ1v) is 12.8. The molecule has 0 saturated heterocycles. The number of aliphatic hydroxyl groups is 1. The zero-order valence-electron chi connectivity index (χ0n) is 18.4. The van der Waals surface area contributed by atoms with E-state index in [1.807, 2.05) is 65.8 Å². The maximum Gasteiger partial charge on any atom is 0.316 e. The van der Waals surface area contributed by atoms with Gasteiger partial charge < -0.3 is 9.84 Å². The zero-order valence-corrected chi connectivity index (χ0v) is 21.4. The second kappa shape index (κ2) is 10.1. The zero-order chi connectivity index (χ0) is 22.5. The van der Waals surface area contributed by atoms with Crippen LogP contribution in [0.4, 0.5) is 0 Å². The highest BCUT2D eigenvalue weighted by Gasteiger charge is 2.39. The Labute approximate surface area is 189 Å². The SMILES string of the molecule is CC(C)(CCCC(C)(C(=O)OC(C)(C)C)c1cccc(I)c1)CS(=O)(=O)CCO. The van der Waals surface area contributed by atoms with Crippen LogP contribution in [0.3, 0.4) is 0 Å². The second-order valence-electron chi connectivity index (χ2n) is 9.68. The van der Waals surface area contributed by atoms with Gasteiger partial charge in [0.15, 0.2) is 9.84 Å². The minimum absolute atomic E-state index is 0.0208. The predicted molar refractivity (Wildman–Crippen MR) is 126 cm³/mol. The number of benzene rings is 1. The summed E-state index contributed by atoms with van der Waals surface area (Å²) in [6.45, 7) is 10.9. The van der Waals surface area contributed by atoms with Crippen molar-refractivity contribution in [3.8, 4) is 0 Å². The molecule has 0 aromatic heterocycles. The fraction of sp³-hybridized carbons (Fsp3) is 0.682. The number of esters is 1. The van der Waals surface area contributed by atoms with Crippen LogP contribution in [0.25, 0.3) is 0 Å². The molecule has 1 N–H and O–H groups in total. The Morgan fingerprint density at radius 2 is 1.72 bits per heavy atom. The fourth-order valence-electron chi connectivity index (χ4n) is 3.39. The van der Waals surface area contributed by atoms with Crippen LogP contribution in [-0.4, -0.2) is 43.2 Å². The highest BCUT2D eigenvalue weighted by atomic mass is 127. The quantitative estimate of drug-likeness (QED) is 0.351. The van der Waals surface area contributed by atoms with Gasteiger partial charge in [-0.1, -0.05) is 32.4 Å². The van der Waals surface area contributed by atoms with Crippen LogP contribution >= 0.6 is 22.6 Å². The number of carbonyl (C=O) groups excluding carboxylic acids is 1. The summed E-state index contributed by atoms with van der Waals surface area (Å²) in [7, 11) is -3.30. The molecule has 0 saturated carbocycles. The Kier molecular flexibility index (Phi) is 9.17. The average molecular weight is 538 g/mol. The minimum atomic E-state index is -3.30. The number of halogens is 1. The normalized spacial score (nSPS) is 15.0. The van der Waals surface area contributed by atoms with Gasteiger partial charge in [-0.2, -0.15) is 0 Å². The van der Waals surface area contributed by atoms with Gasteiger partial charge in [0.1, 0.15) is 5.60 Å². The number of carbonyl (C=O) groups is 1. The molecule has 0 aliphatic heterocycles. The molecule has 29 heavy (non-hydrogen) atoms. The van der Waals surface area contributed by atoms with Crippen molar-refractivity contribution < 1.29 is 23.1 Å². The summed E-state index contributed by atoms with van der Waals surface area (Å²) in [5.74, 6) is -0.459. The van der Waals surface area contributed by atoms with E-state index in [2.05, 4.69) is 22.6 Å². The van der Waals surface area contributed by atoms with Crippen molar-refractivity contribution in [3.05, 3.63) is 33.4 Å². The molecule has 0 heterocycles. The van der Waals surface area contributed by atoms with Crippen LogP contribution in [0, 0.1) is 8.99 Å². The van der Waals surface area contributed by atoms with Crippen molar-refractivity contribution in [3.63, 3.8) is 0 Å². The van der Waals surface area contributed by atoms with Crippen molar-refractivity contribution in [1.82, 2.24) is 0 Å². The number of hydrogen-bond acceptors (Lipinski definition) is 5. The van der Waals surface area contributed by atoms with Crippen molar-refractivity contribution >= 4 is 38.4 Å². The van der Waals surface area contributed by atoms with Crippen LogP contribution in [-0.2, 0) is 24.8 Å². The lowest BCUT2D eigenvalue weighted by Crippen LogP contribution is -2.39. The molecule has 0 aliphatic rings. The van der Waals surface area contributed by atoms with Gasteiger partial charge in [-0.25, -0.2) is 8.42 Å². The lowest BCUT2D eigenvalue weighted by atomic mass is 9.76. The molecule has 5 nitrogen and oxygen atoms in total. The van der Waals surface area contributed by atoms with Crippen molar-refractivity contribution in [2.75, 3.05) is 18.1 Å². The van der Waals surface area contributed by atoms with Gasteiger partial charge in [0.05, 0.1) is 23.5 Å². The Balaban J connectivity index is 3.00. The number of aliphatic hydroxyl groups excluding tert-OH is 1. The number of sulfone groups is 1. The molecule has 0 bridgehead atoms. The monoisotopic (exact) mass is 538 g/mol. The van der Waals surface area contributed by atoms with Crippen molar-refractivity contribution in [2.24, 2.45) is 5.41 Å². The maximum absolute atomic E-state index is 13.1. The molecule has 1 aromatic carbocycles. The Bertz CT molecular complexity index is 796. The van der Waals surface area contributed by atoms with Gasteiger partial charge >= 0.3 is 5.97 Å². The Morgan fingerprint density at radius 1 is 1.10 bits per heavy atom. The van der Waals surface area contributed by atoms with E-state index in [0.717, 1.165) is 9.13 Å². The Hall–Kier alpha value is -0.670. The molecule has 1 rings (SSSR count). The van der Waals surface area contributed by atoms with Gasteiger partial charge in [-0.05, 0) is 86.2 Å². The smallest absolute Gasteiger partial charge is 0.316 e. The van der Waals surface area contributed by atoms with E-state index in [0.29, 0.717) is 19.3 Å². The molecule has 1 atom stereocenters. The van der Waals surface area contributed by atoms with E-state index in [1.54, 1.807) is 0 Å². The highest BCUT2D eigenvalue weighted by Crippen LogP contribution is 2.36. The molecule has 1 aromatic rings. The third kappa shape index (κ3) is 8.92. The van der Waals surface area contributed by atoms with E-state index < -0.39 is 26.3 Å². The van der Waals surface area contributed by atoms with Crippen molar-refractivity contribution in [1.29, 1.82) is 0 Å². The van der Waals surface area contributed by atoms with E-state index in [9.17, 15) is 13.2 Å². The van der Waals surface area contributed by atoms with Gasteiger partial charge in [-0.15, -0.1) is 0 Å². The summed E-state index contributed by atoms with van der Waals surface area (Å²) in [4.78, 5) is 13.1. The maximum atomic E-state index is 13.1. The molecule has 166 valence electrons. The van der Waals surface area contributed by atoms with Crippen molar-refractivity contribution in [2.45, 2.75) is 71.8 Å². The summed E-state index contributed by atoms with van der Waals surface area (Å²) in [5.41, 5.74) is -0.926. The predicted octanol–water partition coefficient (Wildman–Crippen LogP) is 4.49. The molecule has 1 unspecified atom stereocenters. The van der Waals surface area contributed by atoms with E-state index >= 15 is 0 Å². The summed E-state index contributed by atoms with van der Waals surface area (Å²) < 4.78 is 31.0. The van der Waals surface area contributed by atoms with Gasteiger partial charge in [0, 0.05) is 3.57 Å². The van der Waals surface area contributed by atoms with E-state index in [-0.39, 0.29) is 24.1 Å². The Morgan fingerprint density at radius 3 is 2.24 bits per heavy atom. The number of ether oxygens (including phenoxy) is 1. The fourth-order valence-corrected chi connectivity index (χ4v) is 5.69. The number of rotatable bonds is 10. The van der Waals surface area contributed by atoms with Crippen LogP contribution in [0.15, 0.2) is 24.3 Å². The summed E-state index contributed by atoms with van der Waals surface area (Å²) in [6, 6.07) is 7.87. The standard InChI is InChI=1S/C22H35IO5S/c1-20(2,3)28-19(25)22(6,17-9-7-10-18(23)15-17)12-8-11-21(4,5)16-29(26,27)14-13-24/h7,9-10,15,24H,8,11-14,16H2,1-6H3. The van der Waals surface area contributed by atoms with E-state index in [1.165, 1.54) is 0 Å². The molecule has 0 fully saturated rings. The second-order valence-corrected chi connectivity index (χ2v) is 13.1. The number of hydrogen-bond donors (Lipinski definition) is 1. The third-order valence-electron chi connectivity index (χ3n) is 4.85. The average Bonchev–Trinajstić information content (AvgIpc) is 2.51. The van der Waals surface area contributed by atoms with Crippen LogP contribution in [0.1, 0.15) is 66.4 Å². The summed E-state index contributed by atoms with van der Waals surface area (Å²) in [6.07, 6.45) is 1.90. The molecular weight excluding hydrogens is 503 g/mol. The summed E-state index contributed by atoms with van der Waals surface area (Å²) >= 11 is 2.23. The molecule has 0 amide bonds. The first-order chi connectivity index (χ1) is 13.1. The first kappa shape index (κ1) is 26.4. The molecule has 7 heteroatoms. The molecular formula is C22H35IO5S. The van der Waals surface area contributed by atoms with Gasteiger partial charge in [-0.3, -0.25) is 4.79 Å². The van der Waals surface area contributed by atoms with Crippen LogP contribution < -0.4 is 0 Å². The largest absolute Gasteiger partial charge is 0.459 e. The lowest BCUT2D eigenvalue weighted by Gasteiger charge is -2.33. The minimum Gasteiger partial charge on any atom is -0.459 e. The topological polar surface area (TPSA) is 80.7 Å². The highest BCUT2D eigenvalue weighted by molar-refractivity contribution is 14.1. The van der Waals surface area contributed by atoms with Gasteiger partial charge in [0.2, 0.25) is 0 Å². The molecule has 0 aliphatic carbocycles. The molecule has 0 radical (unpaired) electrons. The van der Waals surface area contributed by atoms with Crippen LogP contribution in [0.2, 0.25) is 0 Å². The first-order valence-electron chi connectivity index (χ1n) is 9.91. The van der Waals surface area contributed by atoms with Gasteiger partial charge in [0.25, 0.3) is 0 Å². The lowest BCUT2D eigenvalue weighted by molar-refractivity contribution is -0.162. The third-order valence-corrected chi connectivity index (χ3v) is 7.55. The molecule has 0 spiro atoms. The van der Waals surface area contributed by atoms with Crippen LogP contribution in [0.5, 0.6) is 0 Å². The van der Waals surface area contributed by atoms with E-state index in [4.69, 9.17) is 9.84 Å². The summed E-state index contributed by atoms with van der Waals surface area (Å²) in [5, 5.41) is 8.95.